The zero-order chi connectivity index (χ0) is 8.23. The van der Waals surface area contributed by atoms with E-state index in [1.807, 2.05) is 11.8 Å². The van der Waals surface area contributed by atoms with Crippen LogP contribution in [0, 0.1) is 0 Å². The van der Waals surface area contributed by atoms with Gasteiger partial charge in [0.1, 0.15) is 6.61 Å². The normalized spacial score (nSPS) is 30.7. The van der Waals surface area contributed by atoms with E-state index in [2.05, 4.69) is 4.99 Å². The van der Waals surface area contributed by atoms with Crippen molar-refractivity contribution in [3.63, 3.8) is 0 Å². The first kappa shape index (κ1) is 8.42. The van der Waals surface area contributed by atoms with Gasteiger partial charge >= 0.3 is 0 Å². The molecule has 0 radical (unpaired) electrons. The number of nitrogens with zero attached hydrogens (tertiary/aromatic N) is 1. The molecule has 3 heteroatoms. The fraction of sp³-hybridized carbons (Fsp3) is 0.889. The van der Waals surface area contributed by atoms with Crippen molar-refractivity contribution < 1.29 is 4.74 Å². The molecular formula is C9H15NOS. The Morgan fingerprint density at radius 2 is 2.33 bits per heavy atom. The van der Waals surface area contributed by atoms with E-state index in [-0.39, 0.29) is 0 Å². The third-order valence-corrected chi connectivity index (χ3v) is 3.68. The van der Waals surface area contributed by atoms with Gasteiger partial charge in [-0.1, -0.05) is 12.8 Å². The molecule has 1 unspecified atom stereocenters. The lowest BCUT2D eigenvalue weighted by Crippen LogP contribution is -2.16. The van der Waals surface area contributed by atoms with Crippen LogP contribution in [0.4, 0.5) is 0 Å². The van der Waals surface area contributed by atoms with Crippen LogP contribution >= 0.6 is 11.8 Å². The lowest BCUT2D eigenvalue weighted by Gasteiger charge is -2.12. The quantitative estimate of drug-likeness (QED) is 0.624. The maximum absolute atomic E-state index is 5.48. The Hall–Kier alpha value is -0.180. The average Bonchev–Trinajstić information content (AvgIpc) is 2.48. The highest BCUT2D eigenvalue weighted by Crippen LogP contribution is 2.26. The van der Waals surface area contributed by atoms with E-state index in [1.54, 1.807) is 0 Å². The van der Waals surface area contributed by atoms with Crippen molar-refractivity contribution in [2.24, 2.45) is 4.99 Å². The molecule has 68 valence electrons. The lowest BCUT2D eigenvalue weighted by molar-refractivity contribution is 0.338. The first-order valence-corrected chi connectivity index (χ1v) is 5.80. The van der Waals surface area contributed by atoms with Crippen molar-refractivity contribution in [2.75, 3.05) is 18.9 Å². The predicted octanol–water partition coefficient (Wildman–Crippen LogP) is 2.09. The fourth-order valence-corrected chi connectivity index (χ4v) is 2.93. The number of aliphatic imine (C=N–C) groups is 1. The summed E-state index contributed by atoms with van der Waals surface area (Å²) in [5, 5.41) is 0.579. The summed E-state index contributed by atoms with van der Waals surface area (Å²) in [6.45, 7) is 1.69. The first-order chi connectivity index (χ1) is 5.97. The summed E-state index contributed by atoms with van der Waals surface area (Å²) < 4.78 is 5.48. The molecule has 2 nitrogen and oxygen atoms in total. The van der Waals surface area contributed by atoms with Crippen LogP contribution < -0.4 is 0 Å². The molecule has 0 bridgehead atoms. The van der Waals surface area contributed by atoms with Crippen LogP contribution in [0.3, 0.4) is 0 Å². The van der Waals surface area contributed by atoms with Gasteiger partial charge in [0.15, 0.2) is 5.90 Å². The summed E-state index contributed by atoms with van der Waals surface area (Å²) in [6, 6.07) is 0. The van der Waals surface area contributed by atoms with Crippen LogP contribution in [0.1, 0.15) is 25.7 Å². The highest BCUT2D eigenvalue weighted by atomic mass is 32.2. The van der Waals surface area contributed by atoms with Crippen LogP contribution in [0.2, 0.25) is 0 Å². The van der Waals surface area contributed by atoms with Gasteiger partial charge < -0.3 is 4.74 Å². The average molecular weight is 185 g/mol. The Morgan fingerprint density at radius 1 is 1.33 bits per heavy atom. The summed E-state index contributed by atoms with van der Waals surface area (Å²) in [7, 11) is 0. The third-order valence-electron chi connectivity index (χ3n) is 2.31. The van der Waals surface area contributed by atoms with E-state index >= 15 is 0 Å². The van der Waals surface area contributed by atoms with Crippen LogP contribution in [-0.2, 0) is 4.74 Å². The standard InChI is InChI=1S/C9H15NOS/c1-2-4-8(12-7-3-1)9-10-5-6-11-9/h8H,1-7H2. The number of rotatable bonds is 1. The molecule has 0 N–H and O–H groups in total. The highest BCUT2D eigenvalue weighted by molar-refractivity contribution is 8.00. The molecule has 0 spiro atoms. The molecule has 1 atom stereocenters. The zero-order valence-corrected chi connectivity index (χ0v) is 8.11. The van der Waals surface area contributed by atoms with Gasteiger partial charge in [-0.2, -0.15) is 0 Å². The molecule has 1 saturated heterocycles. The minimum Gasteiger partial charge on any atom is -0.478 e. The first-order valence-electron chi connectivity index (χ1n) is 4.75. The predicted molar refractivity (Wildman–Crippen MR) is 53.0 cm³/mol. The molecule has 0 saturated carbocycles. The van der Waals surface area contributed by atoms with Gasteiger partial charge in [-0.15, -0.1) is 11.8 Å². The van der Waals surface area contributed by atoms with E-state index in [0.717, 1.165) is 19.0 Å². The molecule has 2 aliphatic heterocycles. The van der Waals surface area contributed by atoms with Crippen molar-refractivity contribution in [3.05, 3.63) is 0 Å². The molecule has 0 aliphatic carbocycles. The smallest absolute Gasteiger partial charge is 0.196 e. The van der Waals surface area contributed by atoms with Crippen LogP contribution in [-0.4, -0.2) is 30.1 Å². The molecule has 2 aliphatic rings. The monoisotopic (exact) mass is 185 g/mol. The second kappa shape index (κ2) is 4.17. The lowest BCUT2D eigenvalue weighted by atomic mass is 10.1. The number of hydrogen-bond acceptors (Lipinski definition) is 3. The van der Waals surface area contributed by atoms with Crippen molar-refractivity contribution in [1.29, 1.82) is 0 Å². The summed E-state index contributed by atoms with van der Waals surface area (Å²) in [5.41, 5.74) is 0. The largest absolute Gasteiger partial charge is 0.478 e. The maximum atomic E-state index is 5.48. The fourth-order valence-electron chi connectivity index (χ4n) is 1.66. The maximum Gasteiger partial charge on any atom is 0.196 e. The van der Waals surface area contributed by atoms with Crippen LogP contribution in [0.15, 0.2) is 4.99 Å². The second-order valence-corrected chi connectivity index (χ2v) is 4.59. The van der Waals surface area contributed by atoms with Gasteiger partial charge in [0.05, 0.1) is 11.8 Å². The molecule has 0 amide bonds. The van der Waals surface area contributed by atoms with E-state index in [0.29, 0.717) is 5.25 Å². The number of ether oxygens (including phenoxy) is 1. The topological polar surface area (TPSA) is 21.6 Å². The van der Waals surface area contributed by atoms with Gasteiger partial charge in [0.2, 0.25) is 0 Å². The van der Waals surface area contributed by atoms with Crippen LogP contribution in [0.25, 0.3) is 0 Å². The molecule has 2 rings (SSSR count). The van der Waals surface area contributed by atoms with Crippen molar-refractivity contribution >= 4 is 17.7 Å². The third kappa shape index (κ3) is 1.94. The van der Waals surface area contributed by atoms with Gasteiger partial charge in [-0.05, 0) is 18.6 Å². The number of thioether (sulfide) groups is 1. The second-order valence-electron chi connectivity index (χ2n) is 3.28. The Labute approximate surface area is 77.8 Å². The Morgan fingerprint density at radius 3 is 3.17 bits per heavy atom. The van der Waals surface area contributed by atoms with Crippen molar-refractivity contribution in [1.82, 2.24) is 0 Å². The minimum absolute atomic E-state index is 0.579. The molecule has 0 aromatic carbocycles. The Kier molecular flexibility index (Phi) is 2.93. The number of hydrogen-bond donors (Lipinski definition) is 0. The van der Waals surface area contributed by atoms with E-state index in [9.17, 15) is 0 Å². The van der Waals surface area contributed by atoms with Gasteiger partial charge in [0, 0.05) is 0 Å². The molecule has 1 fully saturated rings. The zero-order valence-electron chi connectivity index (χ0n) is 7.29. The van der Waals surface area contributed by atoms with Crippen molar-refractivity contribution in [3.8, 4) is 0 Å². The van der Waals surface area contributed by atoms with E-state index in [4.69, 9.17) is 4.74 Å². The summed E-state index contributed by atoms with van der Waals surface area (Å²) >= 11 is 2.03. The van der Waals surface area contributed by atoms with Crippen LogP contribution in [0.5, 0.6) is 0 Å². The summed E-state index contributed by atoms with van der Waals surface area (Å²) in [5.74, 6) is 2.31. The molecular weight excluding hydrogens is 170 g/mol. The van der Waals surface area contributed by atoms with Gasteiger partial charge in [-0.3, -0.25) is 4.99 Å². The molecule has 0 aromatic rings. The Balaban J connectivity index is 1.91. The van der Waals surface area contributed by atoms with E-state index < -0.39 is 0 Å². The molecule has 2 heterocycles. The van der Waals surface area contributed by atoms with Crippen molar-refractivity contribution in [2.45, 2.75) is 30.9 Å². The van der Waals surface area contributed by atoms with E-state index in [1.165, 1.54) is 31.4 Å². The summed E-state index contributed by atoms with van der Waals surface area (Å²) in [4.78, 5) is 4.37. The molecule has 0 aromatic heterocycles. The van der Waals surface area contributed by atoms with Gasteiger partial charge in [-0.25, -0.2) is 0 Å². The summed E-state index contributed by atoms with van der Waals surface area (Å²) in [6.07, 6.45) is 5.37. The highest BCUT2D eigenvalue weighted by Gasteiger charge is 2.22. The Bertz CT molecular complexity index is 173. The minimum atomic E-state index is 0.579. The van der Waals surface area contributed by atoms with Gasteiger partial charge in [0.25, 0.3) is 0 Å². The molecule has 12 heavy (non-hydrogen) atoms. The SMILES string of the molecule is C1CCSC(C2=NCCO2)CC1.